The van der Waals surface area contributed by atoms with Crippen LogP contribution in [-0.2, 0) is 11.3 Å². The topological polar surface area (TPSA) is 44.5 Å². The summed E-state index contributed by atoms with van der Waals surface area (Å²) in [4.78, 5) is 0. The molecule has 0 bridgehead atoms. The van der Waals surface area contributed by atoms with E-state index in [1.807, 2.05) is 24.3 Å². The van der Waals surface area contributed by atoms with Crippen molar-refractivity contribution in [3.63, 3.8) is 0 Å². The zero-order valence-electron chi connectivity index (χ0n) is 8.82. The quantitative estimate of drug-likeness (QED) is 0.817. The monoisotopic (exact) mass is 207 g/mol. The number of benzene rings is 1. The molecule has 1 fully saturated rings. The van der Waals surface area contributed by atoms with Crippen molar-refractivity contribution in [1.29, 1.82) is 0 Å². The first-order valence-electron chi connectivity index (χ1n) is 5.42. The van der Waals surface area contributed by atoms with Gasteiger partial charge in [-0.3, -0.25) is 0 Å². The van der Waals surface area contributed by atoms with Crippen LogP contribution in [0.1, 0.15) is 18.4 Å². The van der Waals surface area contributed by atoms with E-state index >= 15 is 0 Å². The van der Waals surface area contributed by atoms with E-state index < -0.39 is 0 Å². The van der Waals surface area contributed by atoms with Crippen molar-refractivity contribution in [2.45, 2.75) is 25.5 Å². The Morgan fingerprint density at radius 2 is 2.13 bits per heavy atom. The second kappa shape index (κ2) is 5.14. The molecule has 1 aromatic carbocycles. The van der Waals surface area contributed by atoms with Crippen molar-refractivity contribution in [1.82, 2.24) is 0 Å². The molecule has 3 heteroatoms. The van der Waals surface area contributed by atoms with Gasteiger partial charge in [-0.25, -0.2) is 0 Å². The second-order valence-corrected chi connectivity index (χ2v) is 3.79. The molecule has 1 heterocycles. The molecular formula is C12H17NO2. The Morgan fingerprint density at radius 1 is 1.33 bits per heavy atom. The van der Waals surface area contributed by atoms with Crippen LogP contribution in [0.4, 0.5) is 0 Å². The molecule has 0 radical (unpaired) electrons. The first-order chi connectivity index (χ1) is 7.38. The van der Waals surface area contributed by atoms with Gasteiger partial charge in [0.1, 0.15) is 12.4 Å². The molecule has 3 nitrogen and oxygen atoms in total. The Morgan fingerprint density at radius 3 is 2.73 bits per heavy atom. The normalized spacial score (nSPS) is 20.5. The van der Waals surface area contributed by atoms with Crippen molar-refractivity contribution in [2.24, 2.45) is 5.73 Å². The fourth-order valence-corrected chi connectivity index (χ4v) is 1.69. The third kappa shape index (κ3) is 2.94. The van der Waals surface area contributed by atoms with Crippen LogP contribution in [0.25, 0.3) is 0 Å². The molecule has 0 spiro atoms. The zero-order chi connectivity index (χ0) is 10.5. The first-order valence-corrected chi connectivity index (χ1v) is 5.42. The first kappa shape index (κ1) is 10.5. The fourth-order valence-electron chi connectivity index (χ4n) is 1.69. The third-order valence-electron chi connectivity index (χ3n) is 2.62. The molecule has 82 valence electrons. The van der Waals surface area contributed by atoms with Crippen LogP contribution < -0.4 is 10.5 Å². The standard InChI is InChI=1S/C12H17NO2/c13-8-10-3-5-11(6-4-10)15-9-12-2-1-7-14-12/h3-6,12H,1-2,7-9,13H2/t12-/m0/s1. The Bertz CT molecular complexity index is 291. The molecule has 1 aliphatic heterocycles. The maximum absolute atomic E-state index is 5.62. The molecule has 2 N–H and O–H groups in total. The van der Waals surface area contributed by atoms with E-state index in [2.05, 4.69) is 0 Å². The number of rotatable bonds is 4. The SMILES string of the molecule is NCc1ccc(OC[C@@H]2CCCO2)cc1. The minimum atomic E-state index is 0.277. The van der Waals surface area contributed by atoms with Crippen LogP contribution >= 0.6 is 0 Å². The molecule has 0 aliphatic carbocycles. The summed E-state index contributed by atoms with van der Waals surface area (Å²) >= 11 is 0. The molecule has 0 aromatic heterocycles. The molecule has 1 aliphatic rings. The Hall–Kier alpha value is -1.06. The summed E-state index contributed by atoms with van der Waals surface area (Å²) in [5, 5.41) is 0. The Balaban J connectivity index is 1.82. The molecule has 0 amide bonds. The predicted molar refractivity (Wildman–Crippen MR) is 58.8 cm³/mol. The summed E-state index contributed by atoms with van der Waals surface area (Å²) in [7, 11) is 0. The van der Waals surface area contributed by atoms with Crippen molar-refractivity contribution in [3.05, 3.63) is 29.8 Å². The lowest BCUT2D eigenvalue weighted by atomic mass is 10.2. The van der Waals surface area contributed by atoms with Gasteiger partial charge in [0.25, 0.3) is 0 Å². The Kier molecular flexibility index (Phi) is 3.59. The molecule has 1 aromatic rings. The van der Waals surface area contributed by atoms with E-state index in [-0.39, 0.29) is 6.10 Å². The number of hydrogen-bond donors (Lipinski definition) is 1. The van der Waals surface area contributed by atoms with Crippen molar-refractivity contribution < 1.29 is 9.47 Å². The van der Waals surface area contributed by atoms with Crippen molar-refractivity contribution in [3.8, 4) is 5.75 Å². The van der Waals surface area contributed by atoms with E-state index in [4.69, 9.17) is 15.2 Å². The summed E-state index contributed by atoms with van der Waals surface area (Å²) < 4.78 is 11.1. The highest BCUT2D eigenvalue weighted by atomic mass is 16.5. The average Bonchev–Trinajstić information content (AvgIpc) is 2.80. The van der Waals surface area contributed by atoms with Gasteiger partial charge >= 0.3 is 0 Å². The van der Waals surface area contributed by atoms with Crippen molar-refractivity contribution >= 4 is 0 Å². The lowest BCUT2D eigenvalue weighted by Crippen LogP contribution is -2.16. The summed E-state index contributed by atoms with van der Waals surface area (Å²) in [6.07, 6.45) is 2.54. The van der Waals surface area contributed by atoms with Gasteiger partial charge < -0.3 is 15.2 Å². The van der Waals surface area contributed by atoms with Gasteiger partial charge in [0, 0.05) is 13.2 Å². The van der Waals surface area contributed by atoms with Gasteiger partial charge in [0.05, 0.1) is 6.10 Å². The number of hydrogen-bond acceptors (Lipinski definition) is 3. The highest BCUT2D eigenvalue weighted by Crippen LogP contribution is 2.16. The van der Waals surface area contributed by atoms with Crippen molar-refractivity contribution in [2.75, 3.05) is 13.2 Å². The van der Waals surface area contributed by atoms with Crippen LogP contribution in [-0.4, -0.2) is 19.3 Å². The maximum atomic E-state index is 5.62. The summed E-state index contributed by atoms with van der Waals surface area (Å²) in [6, 6.07) is 7.89. The largest absolute Gasteiger partial charge is 0.491 e. The van der Waals surface area contributed by atoms with Gasteiger partial charge in [-0.15, -0.1) is 0 Å². The molecule has 2 rings (SSSR count). The van der Waals surface area contributed by atoms with Crippen LogP contribution in [0.15, 0.2) is 24.3 Å². The van der Waals surface area contributed by atoms with Gasteiger partial charge in [-0.05, 0) is 30.5 Å². The highest BCUT2D eigenvalue weighted by molar-refractivity contribution is 5.27. The van der Waals surface area contributed by atoms with Crippen LogP contribution in [0, 0.1) is 0 Å². The molecule has 0 saturated carbocycles. The van der Waals surface area contributed by atoms with Crippen LogP contribution in [0.5, 0.6) is 5.75 Å². The minimum absolute atomic E-state index is 0.277. The van der Waals surface area contributed by atoms with Gasteiger partial charge in [-0.1, -0.05) is 12.1 Å². The highest BCUT2D eigenvalue weighted by Gasteiger charge is 2.15. The van der Waals surface area contributed by atoms with E-state index in [0.29, 0.717) is 13.2 Å². The van der Waals surface area contributed by atoms with Crippen LogP contribution in [0.2, 0.25) is 0 Å². The van der Waals surface area contributed by atoms with Crippen LogP contribution in [0.3, 0.4) is 0 Å². The summed E-state index contributed by atoms with van der Waals surface area (Å²) in [6.45, 7) is 2.11. The van der Waals surface area contributed by atoms with E-state index in [9.17, 15) is 0 Å². The lowest BCUT2D eigenvalue weighted by Gasteiger charge is -2.11. The Labute approximate surface area is 90.2 Å². The van der Waals surface area contributed by atoms with Gasteiger partial charge in [0.2, 0.25) is 0 Å². The fraction of sp³-hybridized carbons (Fsp3) is 0.500. The molecule has 1 saturated heterocycles. The molecular weight excluding hydrogens is 190 g/mol. The smallest absolute Gasteiger partial charge is 0.119 e. The van der Waals surface area contributed by atoms with E-state index in [0.717, 1.165) is 30.8 Å². The summed E-state index contributed by atoms with van der Waals surface area (Å²) in [5.41, 5.74) is 6.64. The zero-order valence-corrected chi connectivity index (χ0v) is 8.82. The van der Waals surface area contributed by atoms with Gasteiger partial charge in [0.15, 0.2) is 0 Å². The minimum Gasteiger partial charge on any atom is -0.491 e. The molecule has 1 atom stereocenters. The lowest BCUT2D eigenvalue weighted by molar-refractivity contribution is 0.0679. The maximum Gasteiger partial charge on any atom is 0.119 e. The average molecular weight is 207 g/mol. The second-order valence-electron chi connectivity index (χ2n) is 3.79. The van der Waals surface area contributed by atoms with E-state index in [1.165, 1.54) is 0 Å². The number of ether oxygens (including phenoxy) is 2. The molecule has 0 unspecified atom stereocenters. The number of nitrogens with two attached hydrogens (primary N) is 1. The molecule has 15 heavy (non-hydrogen) atoms. The summed E-state index contributed by atoms with van der Waals surface area (Å²) in [5.74, 6) is 0.891. The third-order valence-corrected chi connectivity index (χ3v) is 2.62. The predicted octanol–water partition coefficient (Wildman–Crippen LogP) is 1.70. The van der Waals surface area contributed by atoms with Gasteiger partial charge in [-0.2, -0.15) is 0 Å². The van der Waals surface area contributed by atoms with E-state index in [1.54, 1.807) is 0 Å².